The van der Waals surface area contributed by atoms with Crippen LogP contribution in [-0.2, 0) is 27.3 Å². The quantitative estimate of drug-likeness (QED) is 0.247. The van der Waals surface area contributed by atoms with Gasteiger partial charge in [-0.25, -0.2) is 0 Å². The van der Waals surface area contributed by atoms with E-state index in [9.17, 15) is 0 Å². The molecule has 0 unspecified atom stereocenters. The van der Waals surface area contributed by atoms with Gasteiger partial charge in [-0.2, -0.15) is 27.8 Å². The van der Waals surface area contributed by atoms with Crippen LogP contribution in [0, 0.1) is 27.7 Å². The van der Waals surface area contributed by atoms with Gasteiger partial charge in [0.25, 0.3) is 0 Å². The van der Waals surface area contributed by atoms with Crippen molar-refractivity contribution in [1.29, 1.82) is 0 Å². The first-order valence-electron chi connectivity index (χ1n) is 9.67. The van der Waals surface area contributed by atoms with Crippen molar-refractivity contribution in [3.63, 3.8) is 0 Å². The zero-order valence-electron chi connectivity index (χ0n) is 17.4. The topological polar surface area (TPSA) is 0 Å². The minimum atomic E-state index is -0.826. The molecule has 0 nitrogen and oxygen atoms in total. The minimum absolute atomic E-state index is 0.826. The third-order valence-electron chi connectivity index (χ3n) is 5.62. The largest absolute Gasteiger partial charge is 0.126 e. The van der Waals surface area contributed by atoms with Crippen LogP contribution in [0.2, 0.25) is 0 Å². The molecule has 0 radical (unpaired) electrons. The molecule has 3 heteroatoms. The van der Waals surface area contributed by atoms with Crippen molar-refractivity contribution in [2.45, 2.75) is 47.5 Å². The van der Waals surface area contributed by atoms with E-state index in [1.807, 2.05) is 0 Å². The Labute approximate surface area is 188 Å². The molecule has 0 saturated heterocycles. The van der Waals surface area contributed by atoms with E-state index in [1.165, 1.54) is 56.6 Å². The summed E-state index contributed by atoms with van der Waals surface area (Å²) in [5.41, 5.74) is 7.62. The Bertz CT molecular complexity index is 948. The third-order valence-corrected chi connectivity index (χ3v) is 5.62. The molecule has 0 heterocycles. The van der Waals surface area contributed by atoms with Gasteiger partial charge in [-0.3, -0.25) is 0 Å². The summed E-state index contributed by atoms with van der Waals surface area (Å²) in [6, 6.07) is 19.3. The van der Waals surface area contributed by atoms with Crippen LogP contribution >= 0.6 is 17.0 Å². The molecule has 0 atom stereocenters. The van der Waals surface area contributed by atoms with Gasteiger partial charge in [0.15, 0.2) is 0 Å². The Balaban J connectivity index is 0.000000177. The Morgan fingerprint density at radius 3 is 1.71 bits per heavy atom. The van der Waals surface area contributed by atoms with Gasteiger partial charge < -0.3 is 0 Å². The zero-order valence-corrected chi connectivity index (χ0v) is 21.3. The van der Waals surface area contributed by atoms with E-state index < -0.39 is 20.8 Å². The number of halogens is 2. The summed E-state index contributed by atoms with van der Waals surface area (Å²) < 4.78 is 0. The normalized spacial score (nSPS) is 10.1. The molecule has 4 aromatic carbocycles. The molecule has 0 N–H and O–H groups in total. The molecular weight excluding hydrogens is 462 g/mol. The SMILES string of the molecule is CCCc1c(C)c(C)c(C)[c-]1C.[Cl][Zr+2][Cl].c1ccc2c(c1)[cH-]c1ccccc12. The summed E-state index contributed by atoms with van der Waals surface area (Å²) in [6.45, 7) is 11.2. The first-order chi connectivity index (χ1) is 13.5. The summed E-state index contributed by atoms with van der Waals surface area (Å²) in [4.78, 5) is 0. The van der Waals surface area contributed by atoms with E-state index in [2.05, 4.69) is 89.2 Å². The Morgan fingerprint density at radius 2 is 1.32 bits per heavy atom. The van der Waals surface area contributed by atoms with Crippen molar-refractivity contribution >= 4 is 38.6 Å². The van der Waals surface area contributed by atoms with Crippen molar-refractivity contribution in [3.8, 4) is 0 Å². The van der Waals surface area contributed by atoms with Crippen molar-refractivity contribution in [2.24, 2.45) is 0 Å². The van der Waals surface area contributed by atoms with Gasteiger partial charge in [-0.1, -0.05) is 83.9 Å². The second-order valence-electron chi connectivity index (χ2n) is 7.12. The van der Waals surface area contributed by atoms with Crippen LogP contribution < -0.4 is 0 Å². The van der Waals surface area contributed by atoms with E-state index in [0.717, 1.165) is 0 Å². The predicted molar refractivity (Wildman–Crippen MR) is 124 cm³/mol. The smallest absolute Gasteiger partial charge is 0.0771 e. The fourth-order valence-corrected chi connectivity index (χ4v) is 3.83. The molecule has 4 aromatic rings. The van der Waals surface area contributed by atoms with Crippen LogP contribution in [0.3, 0.4) is 0 Å². The van der Waals surface area contributed by atoms with Gasteiger partial charge in [0.2, 0.25) is 0 Å². The molecule has 0 aliphatic carbocycles. The fourth-order valence-electron chi connectivity index (χ4n) is 3.83. The Hall–Kier alpha value is -0.877. The third kappa shape index (κ3) is 5.38. The molecule has 0 saturated carbocycles. The maximum Gasteiger partial charge on any atom is -0.0771 e. The van der Waals surface area contributed by atoms with E-state index in [0.29, 0.717) is 0 Å². The number of hydrogen-bond donors (Lipinski definition) is 0. The van der Waals surface area contributed by atoms with E-state index in [4.69, 9.17) is 17.0 Å². The maximum atomic E-state index is 4.93. The number of hydrogen-bond acceptors (Lipinski definition) is 0. The van der Waals surface area contributed by atoms with Crippen molar-refractivity contribution in [3.05, 3.63) is 82.4 Å². The van der Waals surface area contributed by atoms with Crippen LogP contribution in [0.1, 0.15) is 41.2 Å². The number of fused-ring (bicyclic) bond motifs is 3. The van der Waals surface area contributed by atoms with Crippen molar-refractivity contribution in [1.82, 2.24) is 0 Å². The minimum Gasteiger partial charge on any atom is -0.126 e. The summed E-state index contributed by atoms with van der Waals surface area (Å²) in [7, 11) is 9.87. The van der Waals surface area contributed by atoms with E-state index in [-0.39, 0.29) is 0 Å². The van der Waals surface area contributed by atoms with Gasteiger partial charge in [0, 0.05) is 0 Å². The van der Waals surface area contributed by atoms with Gasteiger partial charge >= 0.3 is 37.9 Å². The van der Waals surface area contributed by atoms with E-state index >= 15 is 0 Å². The molecule has 0 aromatic heterocycles. The van der Waals surface area contributed by atoms with Gasteiger partial charge in [0.1, 0.15) is 0 Å². The van der Waals surface area contributed by atoms with Gasteiger partial charge in [-0.15, -0.1) is 39.7 Å². The zero-order chi connectivity index (χ0) is 20.7. The second kappa shape index (κ2) is 11.3. The molecule has 0 bridgehead atoms. The van der Waals surface area contributed by atoms with Crippen LogP contribution in [0.25, 0.3) is 21.5 Å². The summed E-state index contributed by atoms with van der Waals surface area (Å²) in [6.07, 6.45) is 2.50. The Morgan fingerprint density at radius 1 is 0.857 bits per heavy atom. The van der Waals surface area contributed by atoms with Crippen LogP contribution in [0.5, 0.6) is 0 Å². The average Bonchev–Trinajstić information content (AvgIpc) is 3.17. The molecular formula is C25H28Cl2Zr. The molecule has 0 aliphatic heterocycles. The van der Waals surface area contributed by atoms with Crippen molar-refractivity contribution in [2.75, 3.05) is 0 Å². The molecule has 0 amide bonds. The molecule has 28 heavy (non-hydrogen) atoms. The molecule has 0 fully saturated rings. The monoisotopic (exact) mass is 488 g/mol. The van der Waals surface area contributed by atoms with Crippen LogP contribution in [0.15, 0.2) is 54.6 Å². The van der Waals surface area contributed by atoms with Crippen LogP contribution in [-0.4, -0.2) is 0 Å². The van der Waals surface area contributed by atoms with Gasteiger partial charge in [-0.05, 0) is 0 Å². The molecule has 0 spiro atoms. The first-order valence-corrected chi connectivity index (χ1v) is 16.0. The van der Waals surface area contributed by atoms with Crippen molar-refractivity contribution < 1.29 is 20.8 Å². The summed E-state index contributed by atoms with van der Waals surface area (Å²) in [5.74, 6) is 0. The maximum absolute atomic E-state index is 4.93. The number of benzene rings is 2. The standard InChI is InChI=1S/C13H9.C12H19.2ClH.Zr/c1-3-7-12-10(5-1)9-11-6-2-4-8-13(11)12;1-6-7-12-10(4)8(2)9(3)11(12)5;;;/h1-9H;6-7H2,1-5H3;2*1H;/q2*-1;;;+4/p-2. The van der Waals surface area contributed by atoms with Gasteiger partial charge in [0.05, 0.1) is 0 Å². The Kier molecular flexibility index (Phi) is 9.48. The summed E-state index contributed by atoms with van der Waals surface area (Å²) in [5, 5.41) is 5.39. The fraction of sp³-hybridized carbons (Fsp3) is 0.280. The number of rotatable bonds is 2. The predicted octanol–water partition coefficient (Wildman–Crippen LogP) is 8.68. The van der Waals surface area contributed by atoms with Crippen LogP contribution in [0.4, 0.5) is 0 Å². The molecule has 146 valence electrons. The first kappa shape index (κ1) is 23.4. The molecule has 4 rings (SSSR count). The summed E-state index contributed by atoms with van der Waals surface area (Å²) >= 11 is -0.826. The van der Waals surface area contributed by atoms with E-state index in [1.54, 1.807) is 5.56 Å². The second-order valence-corrected chi connectivity index (χ2v) is 10.9. The molecule has 0 aliphatic rings. The average molecular weight is 491 g/mol.